The van der Waals surface area contributed by atoms with Crippen LogP contribution in [0.15, 0.2) is 24.5 Å². The molecule has 0 bridgehead atoms. The van der Waals surface area contributed by atoms with Gasteiger partial charge in [0.2, 0.25) is 0 Å². The van der Waals surface area contributed by atoms with E-state index in [1.807, 2.05) is 6.07 Å². The first kappa shape index (κ1) is 16.2. The summed E-state index contributed by atoms with van der Waals surface area (Å²) in [7, 11) is 0. The van der Waals surface area contributed by atoms with Crippen LogP contribution in [0.2, 0.25) is 0 Å². The van der Waals surface area contributed by atoms with Crippen LogP contribution in [-0.4, -0.2) is 68.0 Å². The van der Waals surface area contributed by atoms with Crippen LogP contribution in [0, 0.1) is 5.92 Å². The number of morpholine rings is 1. The Hall–Kier alpha value is -1.70. The van der Waals surface area contributed by atoms with Crippen molar-refractivity contribution in [3.63, 3.8) is 0 Å². The van der Waals surface area contributed by atoms with Gasteiger partial charge < -0.3 is 20.1 Å². The van der Waals surface area contributed by atoms with Gasteiger partial charge in [-0.25, -0.2) is 4.79 Å². The van der Waals surface area contributed by atoms with Gasteiger partial charge in [-0.1, -0.05) is 0 Å². The molecule has 2 amide bonds. The van der Waals surface area contributed by atoms with E-state index in [9.17, 15) is 4.79 Å². The standard InChI is InChI=1S/C16H24N4O3/c21-16(19-14-2-1-4-17-10-14)18-11-15(13-3-7-23-12-13)20-5-8-22-9-6-20/h1-2,4,10,13,15H,3,5-9,11-12H2,(H2,18,19,21). The number of rotatable bonds is 5. The second kappa shape index (κ2) is 8.24. The molecule has 7 nitrogen and oxygen atoms in total. The summed E-state index contributed by atoms with van der Waals surface area (Å²) in [5.41, 5.74) is 0.692. The molecule has 2 atom stereocenters. The Kier molecular flexibility index (Phi) is 5.79. The van der Waals surface area contributed by atoms with Crippen molar-refractivity contribution in [3.05, 3.63) is 24.5 Å². The molecule has 0 saturated carbocycles. The predicted molar refractivity (Wildman–Crippen MR) is 86.4 cm³/mol. The Morgan fingerprint density at radius 1 is 1.35 bits per heavy atom. The zero-order chi connectivity index (χ0) is 15.9. The van der Waals surface area contributed by atoms with Gasteiger partial charge in [-0.15, -0.1) is 0 Å². The molecule has 1 aromatic rings. The van der Waals surface area contributed by atoms with E-state index < -0.39 is 0 Å². The lowest BCUT2D eigenvalue weighted by Crippen LogP contribution is -2.52. The maximum atomic E-state index is 12.1. The first-order chi connectivity index (χ1) is 11.3. The van der Waals surface area contributed by atoms with Crippen molar-refractivity contribution in [2.45, 2.75) is 12.5 Å². The van der Waals surface area contributed by atoms with Gasteiger partial charge in [0.15, 0.2) is 0 Å². The van der Waals surface area contributed by atoms with Crippen molar-refractivity contribution < 1.29 is 14.3 Å². The summed E-state index contributed by atoms with van der Waals surface area (Å²) < 4.78 is 11.0. The van der Waals surface area contributed by atoms with Crippen LogP contribution in [0.4, 0.5) is 10.5 Å². The van der Waals surface area contributed by atoms with Crippen LogP contribution in [0.25, 0.3) is 0 Å². The minimum atomic E-state index is -0.199. The van der Waals surface area contributed by atoms with Gasteiger partial charge in [0.25, 0.3) is 0 Å². The number of carbonyl (C=O) groups excluding carboxylic acids is 1. The number of nitrogens with zero attached hydrogens (tertiary/aromatic N) is 2. The fourth-order valence-corrected chi connectivity index (χ4v) is 3.17. The topological polar surface area (TPSA) is 75.7 Å². The predicted octanol–water partition coefficient (Wildman–Crippen LogP) is 0.940. The lowest BCUT2D eigenvalue weighted by Gasteiger charge is -2.37. The van der Waals surface area contributed by atoms with E-state index in [2.05, 4.69) is 20.5 Å². The van der Waals surface area contributed by atoms with E-state index in [1.165, 1.54) is 0 Å². The summed E-state index contributed by atoms with van der Waals surface area (Å²) in [6.45, 7) is 5.53. The average molecular weight is 320 g/mol. The Bertz CT molecular complexity index is 487. The van der Waals surface area contributed by atoms with Crippen LogP contribution >= 0.6 is 0 Å². The Morgan fingerprint density at radius 2 is 2.22 bits per heavy atom. The molecule has 2 unspecified atom stereocenters. The molecule has 7 heteroatoms. The third-order valence-electron chi connectivity index (χ3n) is 4.41. The molecular formula is C16H24N4O3. The highest BCUT2D eigenvalue weighted by Crippen LogP contribution is 2.21. The maximum absolute atomic E-state index is 12.1. The van der Waals surface area contributed by atoms with E-state index >= 15 is 0 Å². The molecular weight excluding hydrogens is 296 g/mol. The highest BCUT2D eigenvalue weighted by Gasteiger charge is 2.31. The molecule has 3 heterocycles. The minimum Gasteiger partial charge on any atom is -0.381 e. The number of aromatic nitrogens is 1. The highest BCUT2D eigenvalue weighted by atomic mass is 16.5. The van der Waals surface area contributed by atoms with Crippen LogP contribution in [0.5, 0.6) is 0 Å². The molecule has 2 fully saturated rings. The van der Waals surface area contributed by atoms with Gasteiger partial charge in [0.1, 0.15) is 0 Å². The van der Waals surface area contributed by atoms with Crippen molar-refractivity contribution >= 4 is 11.7 Å². The largest absolute Gasteiger partial charge is 0.381 e. The van der Waals surface area contributed by atoms with Crippen molar-refractivity contribution in [1.82, 2.24) is 15.2 Å². The summed E-state index contributed by atoms with van der Waals surface area (Å²) >= 11 is 0. The monoisotopic (exact) mass is 320 g/mol. The zero-order valence-corrected chi connectivity index (χ0v) is 13.2. The average Bonchev–Trinajstić information content (AvgIpc) is 3.11. The quantitative estimate of drug-likeness (QED) is 0.844. The van der Waals surface area contributed by atoms with E-state index in [-0.39, 0.29) is 6.03 Å². The Morgan fingerprint density at radius 3 is 2.91 bits per heavy atom. The number of pyridine rings is 1. The first-order valence-corrected chi connectivity index (χ1v) is 8.17. The van der Waals surface area contributed by atoms with E-state index in [1.54, 1.807) is 18.5 Å². The number of amides is 2. The molecule has 3 rings (SSSR count). The van der Waals surface area contributed by atoms with Crippen LogP contribution in [0.1, 0.15) is 6.42 Å². The Balaban J connectivity index is 1.54. The molecule has 0 radical (unpaired) electrons. The second-order valence-corrected chi connectivity index (χ2v) is 5.92. The van der Waals surface area contributed by atoms with Gasteiger partial charge >= 0.3 is 6.03 Å². The number of nitrogens with one attached hydrogen (secondary N) is 2. The van der Waals surface area contributed by atoms with Crippen molar-refractivity contribution in [3.8, 4) is 0 Å². The SMILES string of the molecule is O=C(NCC(C1CCOC1)N1CCOCC1)Nc1cccnc1. The minimum absolute atomic E-state index is 0.199. The molecule has 0 aliphatic carbocycles. The number of urea groups is 1. The molecule has 1 aromatic heterocycles. The third kappa shape index (κ3) is 4.63. The van der Waals surface area contributed by atoms with Crippen molar-refractivity contribution in [2.75, 3.05) is 51.4 Å². The van der Waals surface area contributed by atoms with Gasteiger partial charge in [-0.05, 0) is 18.6 Å². The molecule has 2 saturated heterocycles. The molecule has 2 N–H and O–H groups in total. The van der Waals surface area contributed by atoms with E-state index in [4.69, 9.17) is 9.47 Å². The summed E-state index contributed by atoms with van der Waals surface area (Å²) in [6.07, 6.45) is 4.36. The van der Waals surface area contributed by atoms with Crippen molar-refractivity contribution in [1.29, 1.82) is 0 Å². The molecule has 2 aliphatic heterocycles. The fraction of sp³-hybridized carbons (Fsp3) is 0.625. The van der Waals surface area contributed by atoms with Gasteiger partial charge in [0.05, 0.1) is 31.7 Å². The van der Waals surface area contributed by atoms with Gasteiger partial charge in [-0.3, -0.25) is 9.88 Å². The van der Waals surface area contributed by atoms with Crippen LogP contribution < -0.4 is 10.6 Å². The smallest absolute Gasteiger partial charge is 0.319 e. The number of anilines is 1. The van der Waals surface area contributed by atoms with E-state index in [0.717, 1.165) is 45.9 Å². The van der Waals surface area contributed by atoms with Gasteiger partial charge in [-0.2, -0.15) is 0 Å². The van der Waals surface area contributed by atoms with Crippen LogP contribution in [0.3, 0.4) is 0 Å². The number of hydrogen-bond acceptors (Lipinski definition) is 5. The molecule has 23 heavy (non-hydrogen) atoms. The fourth-order valence-electron chi connectivity index (χ4n) is 3.17. The lowest BCUT2D eigenvalue weighted by molar-refractivity contribution is 0.00222. The molecule has 0 aromatic carbocycles. The first-order valence-electron chi connectivity index (χ1n) is 8.17. The van der Waals surface area contributed by atoms with Crippen molar-refractivity contribution in [2.24, 2.45) is 5.92 Å². The zero-order valence-electron chi connectivity index (χ0n) is 13.2. The second-order valence-electron chi connectivity index (χ2n) is 5.92. The lowest BCUT2D eigenvalue weighted by atomic mass is 9.97. The number of carbonyl (C=O) groups is 1. The number of hydrogen-bond donors (Lipinski definition) is 2. The maximum Gasteiger partial charge on any atom is 0.319 e. The summed E-state index contributed by atoms with van der Waals surface area (Å²) in [6, 6.07) is 3.70. The summed E-state index contributed by atoms with van der Waals surface area (Å²) in [5, 5.41) is 5.79. The van der Waals surface area contributed by atoms with Crippen LogP contribution in [-0.2, 0) is 9.47 Å². The third-order valence-corrected chi connectivity index (χ3v) is 4.41. The normalized spacial score (nSPS) is 23.4. The molecule has 2 aliphatic rings. The highest BCUT2D eigenvalue weighted by molar-refractivity contribution is 5.88. The summed E-state index contributed by atoms with van der Waals surface area (Å²) in [5.74, 6) is 0.465. The summed E-state index contributed by atoms with van der Waals surface area (Å²) in [4.78, 5) is 18.5. The van der Waals surface area contributed by atoms with Gasteiger partial charge in [0, 0.05) is 44.4 Å². The Labute approximate surface area is 136 Å². The van der Waals surface area contributed by atoms with E-state index in [0.29, 0.717) is 24.2 Å². The molecule has 126 valence electrons. The number of ether oxygens (including phenoxy) is 2. The molecule has 0 spiro atoms.